The third-order valence-corrected chi connectivity index (χ3v) is 5.77. The van der Waals surface area contributed by atoms with Crippen LogP contribution in [0.5, 0.6) is 5.75 Å². The van der Waals surface area contributed by atoms with Gasteiger partial charge in [-0.15, -0.1) is 0 Å². The summed E-state index contributed by atoms with van der Waals surface area (Å²) in [7, 11) is 0. The van der Waals surface area contributed by atoms with Crippen LogP contribution in [0.1, 0.15) is 38.7 Å². The second-order valence-electron chi connectivity index (χ2n) is 7.38. The average molecular weight is 455 g/mol. The molecule has 1 aliphatic rings. The van der Waals surface area contributed by atoms with Gasteiger partial charge in [-0.05, 0) is 64.7 Å². The minimum Gasteiger partial charge on any atom is -0.493 e. The van der Waals surface area contributed by atoms with Crippen molar-refractivity contribution < 1.29 is 14.3 Å². The van der Waals surface area contributed by atoms with Crippen LogP contribution in [0.4, 0.5) is 0 Å². The molecule has 0 saturated carbocycles. The van der Waals surface area contributed by atoms with E-state index in [4.69, 9.17) is 33.7 Å². The number of carbonyl (C=O) groups excluding carboxylic acids is 2. The van der Waals surface area contributed by atoms with Crippen LogP contribution in [0.15, 0.2) is 60.7 Å². The van der Waals surface area contributed by atoms with Gasteiger partial charge in [0.2, 0.25) is 5.91 Å². The monoisotopic (exact) mass is 454 g/mol. The molecule has 7 heteroatoms. The summed E-state index contributed by atoms with van der Waals surface area (Å²) in [5.41, 5.74) is 9.11. The molecule has 2 amide bonds. The largest absolute Gasteiger partial charge is 0.493 e. The SMILES string of the molecule is NC(=O)Cc1ccc(C(=O)NC(c2ccc3c(c2)CCO3)c2cc(Cl)ccc2Cl)cc1. The average Bonchev–Trinajstić information content (AvgIpc) is 3.22. The zero-order valence-corrected chi connectivity index (χ0v) is 18.0. The second-order valence-corrected chi connectivity index (χ2v) is 8.22. The first-order valence-electron chi connectivity index (χ1n) is 9.79. The molecule has 3 aromatic rings. The van der Waals surface area contributed by atoms with E-state index in [2.05, 4.69) is 5.32 Å². The highest BCUT2D eigenvalue weighted by Gasteiger charge is 2.23. The minimum atomic E-state index is -0.505. The summed E-state index contributed by atoms with van der Waals surface area (Å²) < 4.78 is 5.60. The van der Waals surface area contributed by atoms with Crippen LogP contribution < -0.4 is 15.8 Å². The van der Waals surface area contributed by atoms with E-state index in [1.165, 1.54) is 0 Å². The van der Waals surface area contributed by atoms with Crippen molar-refractivity contribution >= 4 is 35.0 Å². The van der Waals surface area contributed by atoms with Crippen LogP contribution in [0, 0.1) is 0 Å². The summed E-state index contributed by atoms with van der Waals surface area (Å²) >= 11 is 12.7. The Bertz CT molecular complexity index is 1150. The second kappa shape index (κ2) is 9.00. The van der Waals surface area contributed by atoms with Gasteiger partial charge in [0.15, 0.2) is 0 Å². The van der Waals surface area contributed by atoms with Crippen molar-refractivity contribution in [1.82, 2.24) is 5.32 Å². The number of benzene rings is 3. The summed E-state index contributed by atoms with van der Waals surface area (Å²) in [6.45, 7) is 0.644. The van der Waals surface area contributed by atoms with E-state index < -0.39 is 11.9 Å². The maximum Gasteiger partial charge on any atom is 0.252 e. The third-order valence-electron chi connectivity index (χ3n) is 5.19. The van der Waals surface area contributed by atoms with E-state index >= 15 is 0 Å². The van der Waals surface area contributed by atoms with Gasteiger partial charge in [0.1, 0.15) is 5.75 Å². The first-order chi connectivity index (χ1) is 14.9. The van der Waals surface area contributed by atoms with E-state index in [1.807, 2.05) is 18.2 Å². The number of hydrogen-bond acceptors (Lipinski definition) is 3. The molecule has 31 heavy (non-hydrogen) atoms. The first-order valence-corrected chi connectivity index (χ1v) is 10.5. The molecule has 1 atom stereocenters. The lowest BCUT2D eigenvalue weighted by molar-refractivity contribution is -0.117. The number of amides is 2. The van der Waals surface area contributed by atoms with Crippen LogP contribution in [0.2, 0.25) is 10.0 Å². The van der Waals surface area contributed by atoms with Crippen LogP contribution >= 0.6 is 23.2 Å². The number of carbonyl (C=O) groups is 2. The van der Waals surface area contributed by atoms with Gasteiger partial charge in [-0.25, -0.2) is 0 Å². The minimum absolute atomic E-state index is 0.125. The van der Waals surface area contributed by atoms with Gasteiger partial charge in [0, 0.05) is 22.0 Å². The lowest BCUT2D eigenvalue weighted by atomic mass is 9.95. The molecule has 0 saturated heterocycles. The molecular weight excluding hydrogens is 435 g/mol. The summed E-state index contributed by atoms with van der Waals surface area (Å²) in [6.07, 6.45) is 0.939. The van der Waals surface area contributed by atoms with Crippen LogP contribution in [-0.4, -0.2) is 18.4 Å². The lowest BCUT2D eigenvalue weighted by Crippen LogP contribution is -2.29. The Hall–Kier alpha value is -3.02. The molecule has 4 rings (SSSR count). The van der Waals surface area contributed by atoms with E-state index in [0.717, 1.165) is 28.9 Å². The molecule has 0 aliphatic carbocycles. The third kappa shape index (κ3) is 4.84. The Kier molecular flexibility index (Phi) is 6.16. The summed E-state index contributed by atoms with van der Waals surface area (Å²) in [4.78, 5) is 24.2. The Morgan fingerprint density at radius 2 is 1.81 bits per heavy atom. The van der Waals surface area contributed by atoms with Gasteiger partial charge < -0.3 is 15.8 Å². The van der Waals surface area contributed by atoms with Crippen LogP contribution in [0.25, 0.3) is 0 Å². The van der Waals surface area contributed by atoms with Crippen molar-refractivity contribution in [2.75, 3.05) is 6.61 Å². The molecule has 1 heterocycles. The molecule has 0 bridgehead atoms. The number of nitrogens with two attached hydrogens (primary N) is 1. The quantitative estimate of drug-likeness (QED) is 0.575. The zero-order chi connectivity index (χ0) is 22.0. The molecule has 1 unspecified atom stereocenters. The summed E-state index contributed by atoms with van der Waals surface area (Å²) in [5, 5.41) is 4.10. The van der Waals surface area contributed by atoms with Crippen molar-refractivity contribution in [2.24, 2.45) is 5.73 Å². The lowest BCUT2D eigenvalue weighted by Gasteiger charge is -2.22. The molecule has 0 radical (unpaired) electrons. The van der Waals surface area contributed by atoms with E-state index in [1.54, 1.807) is 42.5 Å². The number of ether oxygens (including phenoxy) is 1. The fraction of sp³-hybridized carbons (Fsp3) is 0.167. The maximum atomic E-state index is 13.1. The number of rotatable bonds is 6. The maximum absolute atomic E-state index is 13.1. The van der Waals surface area contributed by atoms with Gasteiger partial charge in [-0.3, -0.25) is 9.59 Å². The van der Waals surface area contributed by atoms with Gasteiger partial charge >= 0.3 is 0 Å². The molecule has 5 nitrogen and oxygen atoms in total. The molecule has 0 spiro atoms. The van der Waals surface area contributed by atoms with E-state index in [9.17, 15) is 9.59 Å². The Labute approximate surface area is 190 Å². The van der Waals surface area contributed by atoms with Gasteiger partial charge in [0.05, 0.1) is 19.1 Å². The predicted octanol–water partition coefficient (Wildman–Crippen LogP) is 4.48. The van der Waals surface area contributed by atoms with Gasteiger partial charge in [-0.2, -0.15) is 0 Å². The summed E-state index contributed by atoms with van der Waals surface area (Å²) in [6, 6.07) is 17.3. The highest BCUT2D eigenvalue weighted by molar-refractivity contribution is 6.33. The highest BCUT2D eigenvalue weighted by Crippen LogP contribution is 2.34. The van der Waals surface area contributed by atoms with Crippen molar-refractivity contribution in [3.63, 3.8) is 0 Å². The fourth-order valence-corrected chi connectivity index (χ4v) is 4.06. The summed E-state index contributed by atoms with van der Waals surface area (Å²) in [5.74, 6) is 0.160. The number of fused-ring (bicyclic) bond motifs is 1. The molecule has 0 aromatic heterocycles. The molecule has 0 fully saturated rings. The predicted molar refractivity (Wildman–Crippen MR) is 121 cm³/mol. The fourth-order valence-electron chi connectivity index (χ4n) is 3.65. The van der Waals surface area contributed by atoms with E-state index in [-0.39, 0.29) is 12.3 Å². The van der Waals surface area contributed by atoms with Crippen molar-refractivity contribution in [2.45, 2.75) is 18.9 Å². The van der Waals surface area contributed by atoms with Crippen molar-refractivity contribution in [3.8, 4) is 5.75 Å². The van der Waals surface area contributed by atoms with Gasteiger partial charge in [-0.1, -0.05) is 41.4 Å². The smallest absolute Gasteiger partial charge is 0.252 e. The molecule has 3 N–H and O–H groups in total. The molecule has 3 aromatic carbocycles. The van der Waals surface area contributed by atoms with E-state index in [0.29, 0.717) is 27.8 Å². The highest BCUT2D eigenvalue weighted by atomic mass is 35.5. The zero-order valence-electron chi connectivity index (χ0n) is 16.5. The Morgan fingerprint density at radius 3 is 2.55 bits per heavy atom. The molecule has 1 aliphatic heterocycles. The standard InChI is InChI=1S/C24H20Cl2N2O3/c25-18-6-7-20(26)19(13-18)23(17-5-8-21-16(12-17)9-10-31-21)28-24(30)15-3-1-14(2-4-15)11-22(27)29/h1-8,12-13,23H,9-11H2,(H2,27,29)(H,28,30). The topological polar surface area (TPSA) is 81.4 Å². The number of primary amides is 1. The van der Waals surface area contributed by atoms with Crippen molar-refractivity contribution in [3.05, 3.63) is 98.5 Å². The molecule has 158 valence electrons. The van der Waals surface area contributed by atoms with Gasteiger partial charge in [0.25, 0.3) is 5.91 Å². The van der Waals surface area contributed by atoms with Crippen LogP contribution in [-0.2, 0) is 17.6 Å². The normalized spacial score (nSPS) is 13.2. The number of hydrogen-bond donors (Lipinski definition) is 2. The Morgan fingerprint density at radius 1 is 1.03 bits per heavy atom. The molecular formula is C24H20Cl2N2O3. The number of halogens is 2. The first kappa shape index (κ1) is 21.2. The van der Waals surface area contributed by atoms with Crippen molar-refractivity contribution in [1.29, 1.82) is 0 Å². The number of nitrogens with one attached hydrogen (secondary N) is 1. The van der Waals surface area contributed by atoms with Crippen LogP contribution in [0.3, 0.4) is 0 Å². The Balaban J connectivity index is 1.67.